The number of nitrogens with one attached hydrogen (secondary N) is 1. The Hall–Kier alpha value is -1.95. The lowest BCUT2D eigenvalue weighted by Gasteiger charge is -2.22. The van der Waals surface area contributed by atoms with Crippen LogP contribution < -0.4 is 10.2 Å². The summed E-state index contributed by atoms with van der Waals surface area (Å²) in [7, 11) is 0. The van der Waals surface area contributed by atoms with E-state index in [1.807, 2.05) is 0 Å². The van der Waals surface area contributed by atoms with Gasteiger partial charge in [-0.1, -0.05) is 36.8 Å². The molecule has 1 aliphatic rings. The van der Waals surface area contributed by atoms with Gasteiger partial charge >= 0.3 is 0 Å². The van der Waals surface area contributed by atoms with E-state index in [0.29, 0.717) is 0 Å². The molecule has 3 rings (SSSR count). The van der Waals surface area contributed by atoms with Crippen molar-refractivity contribution in [3.8, 4) is 0 Å². The van der Waals surface area contributed by atoms with Crippen LogP contribution in [-0.4, -0.2) is 34.4 Å². The van der Waals surface area contributed by atoms with E-state index in [2.05, 4.69) is 57.7 Å². The smallest absolute Gasteiger partial charge is 0.242 e. The largest absolute Gasteiger partial charge is 0.354 e. The summed E-state index contributed by atoms with van der Waals surface area (Å²) in [4.78, 5) is 19.1. The first-order valence-electron chi connectivity index (χ1n) is 8.60. The van der Waals surface area contributed by atoms with Crippen LogP contribution in [0.1, 0.15) is 43.1 Å². The Labute approximate surface area is 147 Å². The molecule has 1 aliphatic heterocycles. The van der Waals surface area contributed by atoms with Crippen molar-refractivity contribution >= 4 is 22.6 Å². The molecule has 0 spiro atoms. The molecule has 1 aromatic heterocycles. The predicted octanol–water partition coefficient (Wildman–Crippen LogP) is 2.93. The third-order valence-electron chi connectivity index (χ3n) is 4.29. The Bertz CT molecular complexity index is 683. The summed E-state index contributed by atoms with van der Waals surface area (Å²) in [6.07, 6.45) is 3.61. The lowest BCUT2D eigenvalue weighted by Crippen LogP contribution is -2.43. The van der Waals surface area contributed by atoms with Gasteiger partial charge in [0, 0.05) is 31.0 Å². The Morgan fingerprint density at radius 1 is 1.38 bits per heavy atom. The number of benzene rings is 1. The fourth-order valence-electron chi connectivity index (χ4n) is 2.96. The van der Waals surface area contributed by atoms with Crippen LogP contribution in [0.3, 0.4) is 0 Å². The Morgan fingerprint density at radius 2 is 2.17 bits per heavy atom. The van der Waals surface area contributed by atoms with Crippen molar-refractivity contribution in [1.29, 1.82) is 0 Å². The Morgan fingerprint density at radius 3 is 2.92 bits per heavy atom. The second-order valence-electron chi connectivity index (χ2n) is 6.30. The highest BCUT2D eigenvalue weighted by atomic mass is 32.1. The molecule has 5 nitrogen and oxygen atoms in total. The number of anilines is 1. The molecule has 6 heteroatoms. The monoisotopic (exact) mass is 344 g/mol. The second-order valence-corrected chi connectivity index (χ2v) is 7.03. The molecule has 1 aromatic carbocycles. The van der Waals surface area contributed by atoms with E-state index in [4.69, 9.17) is 0 Å². The fraction of sp³-hybridized carbons (Fsp3) is 0.500. The molecule has 1 N–H and O–H groups in total. The quantitative estimate of drug-likeness (QED) is 0.875. The lowest BCUT2D eigenvalue weighted by molar-refractivity contribution is -0.122. The third-order valence-corrected chi connectivity index (χ3v) is 5.08. The van der Waals surface area contributed by atoms with Gasteiger partial charge in [0.05, 0.1) is 0 Å². The maximum Gasteiger partial charge on any atom is 0.242 e. The number of aryl methyl sites for hydroxylation is 1. The summed E-state index contributed by atoms with van der Waals surface area (Å²) in [5.41, 5.74) is 2.47. The molecule has 2 heterocycles. The first kappa shape index (κ1) is 16.9. The highest BCUT2D eigenvalue weighted by Gasteiger charge is 2.32. The van der Waals surface area contributed by atoms with Crippen molar-refractivity contribution < 1.29 is 4.79 Å². The van der Waals surface area contributed by atoms with Gasteiger partial charge in [-0.25, -0.2) is 4.98 Å². The molecule has 1 unspecified atom stereocenters. The zero-order valence-electron chi connectivity index (χ0n) is 14.3. The minimum absolute atomic E-state index is 0.100. The summed E-state index contributed by atoms with van der Waals surface area (Å²) >= 11 is 1.40. The molecule has 0 aliphatic carbocycles. The van der Waals surface area contributed by atoms with E-state index in [-0.39, 0.29) is 11.9 Å². The van der Waals surface area contributed by atoms with Gasteiger partial charge in [-0.15, -0.1) is 0 Å². The van der Waals surface area contributed by atoms with E-state index in [9.17, 15) is 4.79 Å². The number of hydrogen-bond acceptors (Lipinski definition) is 5. The van der Waals surface area contributed by atoms with Gasteiger partial charge in [0.1, 0.15) is 11.9 Å². The second kappa shape index (κ2) is 7.75. The van der Waals surface area contributed by atoms with E-state index in [1.54, 1.807) is 0 Å². The van der Waals surface area contributed by atoms with Gasteiger partial charge in [0.25, 0.3) is 0 Å². The van der Waals surface area contributed by atoms with E-state index >= 15 is 0 Å². The van der Waals surface area contributed by atoms with Crippen molar-refractivity contribution in [2.45, 2.75) is 45.6 Å². The van der Waals surface area contributed by atoms with Crippen molar-refractivity contribution in [3.05, 3.63) is 41.2 Å². The average molecular weight is 344 g/mol. The minimum Gasteiger partial charge on any atom is -0.354 e. The van der Waals surface area contributed by atoms with Crippen LogP contribution in [0, 0.1) is 6.92 Å². The number of amides is 1. The van der Waals surface area contributed by atoms with Crippen molar-refractivity contribution in [1.82, 2.24) is 14.7 Å². The summed E-state index contributed by atoms with van der Waals surface area (Å²) in [5.74, 6) is 0.947. The first-order valence-corrected chi connectivity index (χ1v) is 9.37. The molecule has 2 aromatic rings. The molecule has 1 fully saturated rings. The molecule has 0 radical (unpaired) electrons. The van der Waals surface area contributed by atoms with Gasteiger partial charge in [-0.05, 0) is 31.7 Å². The fourth-order valence-corrected chi connectivity index (χ4v) is 3.72. The van der Waals surface area contributed by atoms with Gasteiger partial charge in [0.2, 0.25) is 11.0 Å². The van der Waals surface area contributed by atoms with Crippen LogP contribution in [0.5, 0.6) is 0 Å². The summed E-state index contributed by atoms with van der Waals surface area (Å²) in [5, 5.41) is 3.87. The summed E-state index contributed by atoms with van der Waals surface area (Å²) < 4.78 is 4.49. The lowest BCUT2D eigenvalue weighted by atomic mass is 10.1. The van der Waals surface area contributed by atoms with Crippen LogP contribution in [0.2, 0.25) is 0 Å². The number of carbonyl (C=O) groups is 1. The van der Waals surface area contributed by atoms with Gasteiger partial charge < -0.3 is 10.2 Å². The number of aromatic nitrogens is 2. The molecule has 1 atom stereocenters. The molecule has 128 valence electrons. The normalized spacial score (nSPS) is 17.2. The van der Waals surface area contributed by atoms with Gasteiger partial charge in [-0.3, -0.25) is 4.79 Å². The van der Waals surface area contributed by atoms with E-state index < -0.39 is 0 Å². The first-order chi connectivity index (χ1) is 11.7. The average Bonchev–Trinajstić information content (AvgIpc) is 3.23. The summed E-state index contributed by atoms with van der Waals surface area (Å²) in [6, 6.07) is 8.35. The standard InChI is InChI=1S/C18H24N4OS/c1-3-10-19-17(23)15-5-4-11-22(15)18-20-16(21-24-18)12-14-8-6-13(2)7-9-14/h6-9,15H,3-5,10-12H2,1-2H3,(H,19,23). The molecular formula is C18H24N4OS. The van der Waals surface area contributed by atoms with Crippen LogP contribution in [0.4, 0.5) is 5.13 Å². The van der Waals surface area contributed by atoms with E-state index in [1.165, 1.54) is 22.7 Å². The maximum atomic E-state index is 12.3. The molecule has 0 saturated carbocycles. The van der Waals surface area contributed by atoms with Crippen molar-refractivity contribution in [3.63, 3.8) is 0 Å². The zero-order chi connectivity index (χ0) is 16.9. The highest BCUT2D eigenvalue weighted by Crippen LogP contribution is 2.27. The number of carbonyl (C=O) groups excluding carboxylic acids is 1. The predicted molar refractivity (Wildman–Crippen MR) is 97.6 cm³/mol. The zero-order valence-corrected chi connectivity index (χ0v) is 15.1. The van der Waals surface area contributed by atoms with Crippen molar-refractivity contribution in [2.75, 3.05) is 18.0 Å². The van der Waals surface area contributed by atoms with Crippen LogP contribution >= 0.6 is 11.5 Å². The molecule has 1 amide bonds. The van der Waals surface area contributed by atoms with Gasteiger partial charge in [0.15, 0.2) is 0 Å². The molecular weight excluding hydrogens is 320 g/mol. The van der Waals surface area contributed by atoms with Crippen LogP contribution in [0.15, 0.2) is 24.3 Å². The topological polar surface area (TPSA) is 58.1 Å². The molecule has 0 bridgehead atoms. The SMILES string of the molecule is CCCNC(=O)C1CCCN1c1nc(Cc2ccc(C)cc2)ns1. The third kappa shape index (κ3) is 3.93. The van der Waals surface area contributed by atoms with Gasteiger partial charge in [-0.2, -0.15) is 4.37 Å². The number of rotatable bonds is 6. The molecule has 24 heavy (non-hydrogen) atoms. The Kier molecular flexibility index (Phi) is 5.45. The van der Waals surface area contributed by atoms with E-state index in [0.717, 1.165) is 49.7 Å². The molecule has 1 saturated heterocycles. The summed E-state index contributed by atoms with van der Waals surface area (Å²) in [6.45, 7) is 5.76. The highest BCUT2D eigenvalue weighted by molar-refractivity contribution is 7.09. The van der Waals surface area contributed by atoms with Crippen LogP contribution in [-0.2, 0) is 11.2 Å². The van der Waals surface area contributed by atoms with Crippen molar-refractivity contribution in [2.24, 2.45) is 0 Å². The minimum atomic E-state index is -0.100. The Balaban J connectivity index is 1.67. The number of hydrogen-bond donors (Lipinski definition) is 1. The van der Waals surface area contributed by atoms with Crippen LogP contribution in [0.25, 0.3) is 0 Å². The number of nitrogens with zero attached hydrogens (tertiary/aromatic N) is 3. The maximum absolute atomic E-state index is 12.3.